The van der Waals surface area contributed by atoms with Gasteiger partial charge in [0.1, 0.15) is 5.73 Å². The lowest BCUT2D eigenvalue weighted by Gasteiger charge is -2.38. The molecule has 90 valence electrons. The molecule has 0 amide bonds. The Bertz CT molecular complexity index is 168. The minimum Gasteiger partial charge on any atom is -0.393 e. The van der Waals surface area contributed by atoms with Gasteiger partial charge in [-0.15, -0.1) is 0 Å². The van der Waals surface area contributed by atoms with E-state index < -0.39 is 8.56 Å². The number of morpholine rings is 1. The first kappa shape index (κ1) is 13.1. The van der Waals surface area contributed by atoms with E-state index in [2.05, 4.69) is 12.2 Å². The maximum absolute atomic E-state index is 5.91. The van der Waals surface area contributed by atoms with Crippen LogP contribution in [0.5, 0.6) is 0 Å². The van der Waals surface area contributed by atoms with E-state index in [1.807, 2.05) is 13.8 Å². The summed E-state index contributed by atoms with van der Waals surface area (Å²) in [6, 6.07) is 0.945. The van der Waals surface area contributed by atoms with Crippen molar-refractivity contribution in [2.45, 2.75) is 32.5 Å². The monoisotopic (exact) mass is 233 g/mol. The molecule has 1 unspecified atom stereocenters. The molecule has 1 heterocycles. The summed E-state index contributed by atoms with van der Waals surface area (Å²) in [7, 11) is -2.15. The average Bonchev–Trinajstić information content (AvgIpc) is 2.30. The molecular weight excluding hydrogens is 210 g/mol. The van der Waals surface area contributed by atoms with Crippen LogP contribution < -0.4 is 5.32 Å². The summed E-state index contributed by atoms with van der Waals surface area (Å²) < 4.78 is 17.6. The lowest BCUT2D eigenvalue weighted by Crippen LogP contribution is -2.60. The zero-order valence-corrected chi connectivity index (χ0v) is 11.0. The van der Waals surface area contributed by atoms with Crippen LogP contribution in [0.25, 0.3) is 0 Å². The molecule has 1 aliphatic rings. The molecule has 1 fully saturated rings. The van der Waals surface area contributed by atoms with Crippen molar-refractivity contribution in [1.82, 2.24) is 5.32 Å². The molecule has 0 saturated carbocycles. The average molecular weight is 233 g/mol. The highest BCUT2D eigenvalue weighted by Crippen LogP contribution is 2.21. The molecule has 1 saturated heterocycles. The fourth-order valence-electron chi connectivity index (χ4n) is 2.00. The van der Waals surface area contributed by atoms with Crippen LogP contribution >= 0.6 is 0 Å². The standard InChI is InChI=1S/C10H23NO3Si/c1-4-13-15(6-3,14-5-2)10-9-11-7-8-12-10/h10-11H,4-9H2,1-3H3. The zero-order chi connectivity index (χ0) is 11.1. The third-order valence-electron chi connectivity index (χ3n) is 2.69. The largest absolute Gasteiger partial charge is 0.393 e. The summed E-state index contributed by atoms with van der Waals surface area (Å²) in [5.41, 5.74) is 0.135. The van der Waals surface area contributed by atoms with Crippen molar-refractivity contribution in [1.29, 1.82) is 0 Å². The van der Waals surface area contributed by atoms with E-state index in [1.165, 1.54) is 0 Å². The van der Waals surface area contributed by atoms with Gasteiger partial charge in [-0.2, -0.15) is 0 Å². The van der Waals surface area contributed by atoms with Crippen LogP contribution in [-0.2, 0) is 13.6 Å². The van der Waals surface area contributed by atoms with Crippen molar-refractivity contribution >= 4 is 8.56 Å². The van der Waals surface area contributed by atoms with Gasteiger partial charge in [-0.1, -0.05) is 6.92 Å². The third kappa shape index (κ3) is 3.25. The van der Waals surface area contributed by atoms with Crippen LogP contribution in [0.1, 0.15) is 20.8 Å². The molecule has 0 aromatic carbocycles. The lowest BCUT2D eigenvalue weighted by molar-refractivity contribution is 0.0277. The number of hydrogen-bond donors (Lipinski definition) is 1. The van der Waals surface area contributed by atoms with Crippen LogP contribution in [-0.4, -0.2) is 47.2 Å². The molecule has 5 heteroatoms. The Morgan fingerprint density at radius 2 is 1.93 bits per heavy atom. The van der Waals surface area contributed by atoms with Crippen molar-refractivity contribution in [3.8, 4) is 0 Å². The van der Waals surface area contributed by atoms with Gasteiger partial charge in [0.2, 0.25) is 0 Å². The minimum atomic E-state index is -2.15. The zero-order valence-electron chi connectivity index (χ0n) is 10.0. The maximum Gasteiger partial charge on any atom is 0.369 e. The Morgan fingerprint density at radius 1 is 1.27 bits per heavy atom. The van der Waals surface area contributed by atoms with Gasteiger partial charge < -0.3 is 18.9 Å². The van der Waals surface area contributed by atoms with E-state index >= 15 is 0 Å². The highest BCUT2D eigenvalue weighted by atomic mass is 28.4. The molecule has 0 spiro atoms. The lowest BCUT2D eigenvalue weighted by atomic mass is 10.5. The molecule has 1 aliphatic heterocycles. The Morgan fingerprint density at radius 3 is 2.33 bits per heavy atom. The smallest absolute Gasteiger partial charge is 0.369 e. The van der Waals surface area contributed by atoms with Crippen LogP contribution in [0.2, 0.25) is 6.04 Å². The van der Waals surface area contributed by atoms with Crippen LogP contribution in [0.15, 0.2) is 0 Å². The van der Waals surface area contributed by atoms with E-state index in [1.54, 1.807) is 0 Å². The van der Waals surface area contributed by atoms with E-state index in [-0.39, 0.29) is 5.73 Å². The first-order chi connectivity index (χ1) is 7.29. The van der Waals surface area contributed by atoms with E-state index in [4.69, 9.17) is 13.6 Å². The van der Waals surface area contributed by atoms with Gasteiger partial charge in [0.05, 0.1) is 6.61 Å². The first-order valence-corrected chi connectivity index (χ1v) is 7.99. The third-order valence-corrected chi connectivity index (χ3v) is 6.58. The highest BCUT2D eigenvalue weighted by molar-refractivity contribution is 6.68. The molecular formula is C10H23NO3Si. The van der Waals surface area contributed by atoms with Gasteiger partial charge in [0.15, 0.2) is 0 Å². The molecule has 0 aliphatic carbocycles. The van der Waals surface area contributed by atoms with Crippen LogP contribution in [0, 0.1) is 0 Å². The molecule has 0 radical (unpaired) electrons. The second kappa shape index (κ2) is 6.60. The van der Waals surface area contributed by atoms with Crippen LogP contribution in [0.3, 0.4) is 0 Å². The van der Waals surface area contributed by atoms with E-state index in [9.17, 15) is 0 Å². The second-order valence-corrected chi connectivity index (χ2v) is 7.15. The van der Waals surface area contributed by atoms with Gasteiger partial charge >= 0.3 is 8.56 Å². The Hall–Kier alpha value is 0.0569. The number of hydrogen-bond acceptors (Lipinski definition) is 4. The summed E-state index contributed by atoms with van der Waals surface area (Å²) in [4.78, 5) is 0. The number of rotatable bonds is 6. The van der Waals surface area contributed by atoms with Gasteiger partial charge in [-0.25, -0.2) is 0 Å². The molecule has 4 nitrogen and oxygen atoms in total. The Balaban J connectivity index is 2.66. The van der Waals surface area contributed by atoms with Crippen molar-refractivity contribution < 1.29 is 13.6 Å². The molecule has 0 bridgehead atoms. The summed E-state index contributed by atoms with van der Waals surface area (Å²) >= 11 is 0. The summed E-state index contributed by atoms with van der Waals surface area (Å²) in [6.45, 7) is 10.2. The fourth-order valence-corrected chi connectivity index (χ4v) is 5.12. The maximum atomic E-state index is 5.91. The van der Waals surface area contributed by atoms with Crippen molar-refractivity contribution in [3.05, 3.63) is 0 Å². The quantitative estimate of drug-likeness (QED) is 0.696. The fraction of sp³-hybridized carbons (Fsp3) is 1.00. The van der Waals surface area contributed by atoms with E-state index in [0.717, 1.165) is 25.7 Å². The Kier molecular flexibility index (Phi) is 5.77. The van der Waals surface area contributed by atoms with Crippen molar-refractivity contribution in [2.24, 2.45) is 0 Å². The summed E-state index contributed by atoms with van der Waals surface area (Å²) in [5, 5.41) is 3.34. The molecule has 0 aromatic heterocycles. The van der Waals surface area contributed by atoms with Crippen molar-refractivity contribution in [2.75, 3.05) is 32.9 Å². The highest BCUT2D eigenvalue weighted by Gasteiger charge is 2.45. The second-order valence-electron chi connectivity index (χ2n) is 3.59. The molecule has 1 N–H and O–H groups in total. The number of nitrogens with one attached hydrogen (secondary N) is 1. The predicted molar refractivity (Wildman–Crippen MR) is 62.1 cm³/mol. The topological polar surface area (TPSA) is 39.7 Å². The van der Waals surface area contributed by atoms with Gasteiger partial charge in [0.25, 0.3) is 0 Å². The number of ether oxygens (including phenoxy) is 1. The molecule has 1 rings (SSSR count). The van der Waals surface area contributed by atoms with Gasteiger partial charge in [-0.05, 0) is 19.9 Å². The van der Waals surface area contributed by atoms with Crippen LogP contribution in [0.4, 0.5) is 0 Å². The SMILES string of the molecule is CCO[Si](CC)(OCC)C1CNCCO1. The molecule has 0 aromatic rings. The van der Waals surface area contributed by atoms with E-state index in [0.29, 0.717) is 13.2 Å². The van der Waals surface area contributed by atoms with Gasteiger partial charge in [0, 0.05) is 26.3 Å². The Labute approximate surface area is 93.5 Å². The predicted octanol–water partition coefficient (Wildman–Crippen LogP) is 1.05. The first-order valence-electron chi connectivity index (χ1n) is 5.89. The minimum absolute atomic E-state index is 0.135. The van der Waals surface area contributed by atoms with Crippen molar-refractivity contribution in [3.63, 3.8) is 0 Å². The summed E-state index contributed by atoms with van der Waals surface area (Å²) in [6.07, 6.45) is 0. The normalized spacial score (nSPS) is 23.0. The van der Waals surface area contributed by atoms with Gasteiger partial charge in [-0.3, -0.25) is 0 Å². The summed E-state index contributed by atoms with van der Waals surface area (Å²) in [5.74, 6) is 0. The molecule has 15 heavy (non-hydrogen) atoms. The molecule has 1 atom stereocenters.